The van der Waals surface area contributed by atoms with Crippen LogP contribution in [0.15, 0.2) is 48.9 Å². The highest BCUT2D eigenvalue weighted by Crippen LogP contribution is 2.38. The first kappa shape index (κ1) is 31.5. The van der Waals surface area contributed by atoms with Crippen molar-refractivity contribution in [1.29, 1.82) is 0 Å². The number of amides is 1. The monoisotopic (exact) mass is 648 g/mol. The van der Waals surface area contributed by atoms with E-state index in [-0.39, 0.29) is 12.1 Å². The van der Waals surface area contributed by atoms with Gasteiger partial charge in [0.05, 0.1) is 24.9 Å². The number of imidazole rings is 1. The van der Waals surface area contributed by atoms with Crippen molar-refractivity contribution in [2.75, 3.05) is 68.2 Å². The number of ether oxygens (including phenoxy) is 3. The third-order valence-corrected chi connectivity index (χ3v) is 8.58. The van der Waals surface area contributed by atoms with Crippen LogP contribution in [-0.4, -0.2) is 90.6 Å². The average Bonchev–Trinajstić information content (AvgIpc) is 3.48. The largest absolute Gasteiger partial charge is 0.496 e. The molecular weight excluding hydrogens is 608 g/mol. The Morgan fingerprint density at radius 3 is 2.33 bits per heavy atom. The first-order valence-corrected chi connectivity index (χ1v) is 16.0. The lowest BCUT2D eigenvalue weighted by molar-refractivity contribution is 0.0497. The molecular formula is C33H41ClN8O4. The Kier molecular flexibility index (Phi) is 8.99. The van der Waals surface area contributed by atoms with Crippen molar-refractivity contribution in [3.63, 3.8) is 0 Å². The lowest BCUT2D eigenvalue weighted by atomic mass is 10.1. The van der Waals surface area contributed by atoms with Gasteiger partial charge in [-0.05, 0) is 51.8 Å². The number of nitrogens with one attached hydrogen (secondary N) is 1. The number of pyridine rings is 1. The number of aromatic nitrogens is 4. The number of halogens is 1. The van der Waals surface area contributed by atoms with Crippen LogP contribution in [0, 0.1) is 0 Å². The van der Waals surface area contributed by atoms with Crippen LogP contribution in [0.25, 0.3) is 16.9 Å². The SMILES string of the molecule is COc1cc(OC)c(-c2cn3ccc(N4CCN(c5ccnc(N6CCC(NC(=O)OC(C)(C)C)CC6)n5)CC4)cc3n2)cc1Cl. The molecule has 13 heteroatoms. The summed E-state index contributed by atoms with van der Waals surface area (Å²) < 4.78 is 18.4. The zero-order chi connectivity index (χ0) is 32.4. The number of anilines is 3. The standard InChI is InChI=1S/C33H41ClN8O4/c1-33(2,3)46-32(43)36-22-7-11-41(12-8-22)31-35-10-6-29(38-31)40-16-14-39(15-17-40)23-9-13-42-21-26(37-30(42)18-23)24-19-25(34)28(45-5)20-27(24)44-4/h6,9-10,13,18-22H,7-8,11-12,14-17H2,1-5H3,(H,36,43). The summed E-state index contributed by atoms with van der Waals surface area (Å²) in [4.78, 5) is 33.4. The number of carbonyl (C=O) groups excluding carboxylic acids is 1. The summed E-state index contributed by atoms with van der Waals surface area (Å²) >= 11 is 6.42. The van der Waals surface area contributed by atoms with Crippen LogP contribution in [0.2, 0.25) is 5.02 Å². The maximum Gasteiger partial charge on any atom is 0.407 e. The highest BCUT2D eigenvalue weighted by Gasteiger charge is 2.26. The van der Waals surface area contributed by atoms with Gasteiger partial charge in [-0.1, -0.05) is 11.6 Å². The van der Waals surface area contributed by atoms with E-state index in [0.29, 0.717) is 16.5 Å². The number of nitrogens with zero attached hydrogens (tertiary/aromatic N) is 7. The summed E-state index contributed by atoms with van der Waals surface area (Å²) in [6.45, 7) is 10.5. The highest BCUT2D eigenvalue weighted by molar-refractivity contribution is 6.32. The van der Waals surface area contributed by atoms with Crippen LogP contribution >= 0.6 is 11.6 Å². The van der Waals surface area contributed by atoms with Crippen molar-refractivity contribution >= 4 is 40.8 Å². The molecule has 0 saturated carbocycles. The number of hydrogen-bond donors (Lipinski definition) is 1. The molecule has 2 saturated heterocycles. The van der Waals surface area contributed by atoms with Gasteiger partial charge in [-0.25, -0.2) is 14.8 Å². The lowest BCUT2D eigenvalue weighted by Crippen LogP contribution is -2.47. The predicted octanol–water partition coefficient (Wildman–Crippen LogP) is 5.28. The van der Waals surface area contributed by atoms with Gasteiger partial charge in [0.15, 0.2) is 0 Å². The van der Waals surface area contributed by atoms with Gasteiger partial charge in [0.25, 0.3) is 0 Å². The second kappa shape index (κ2) is 13.1. The van der Waals surface area contributed by atoms with Crippen LogP contribution in [0.4, 0.5) is 22.2 Å². The molecule has 1 amide bonds. The summed E-state index contributed by atoms with van der Waals surface area (Å²) in [5.41, 5.74) is 3.03. The molecule has 4 aromatic rings. The maximum atomic E-state index is 12.2. The number of hydrogen-bond acceptors (Lipinski definition) is 10. The number of rotatable bonds is 7. The summed E-state index contributed by atoms with van der Waals surface area (Å²) in [7, 11) is 3.20. The molecule has 2 fully saturated rings. The Morgan fingerprint density at radius 2 is 1.63 bits per heavy atom. The van der Waals surface area contributed by atoms with Gasteiger partial charge in [-0.15, -0.1) is 0 Å². The Balaban J connectivity index is 1.07. The molecule has 0 spiro atoms. The van der Waals surface area contributed by atoms with E-state index in [1.165, 1.54) is 0 Å². The Morgan fingerprint density at radius 1 is 0.913 bits per heavy atom. The number of carbonyl (C=O) groups is 1. The Labute approximate surface area is 274 Å². The molecule has 2 aliphatic rings. The molecule has 0 atom stereocenters. The van der Waals surface area contributed by atoms with Crippen LogP contribution in [-0.2, 0) is 4.74 Å². The molecule has 0 bridgehead atoms. The minimum Gasteiger partial charge on any atom is -0.496 e. The number of fused-ring (bicyclic) bond motifs is 1. The topological polar surface area (TPSA) is 110 Å². The van der Waals surface area contributed by atoms with Crippen LogP contribution in [0.5, 0.6) is 11.5 Å². The molecule has 12 nitrogen and oxygen atoms in total. The quantitative estimate of drug-likeness (QED) is 0.284. The number of methoxy groups -OCH3 is 2. The molecule has 0 radical (unpaired) electrons. The van der Waals surface area contributed by atoms with E-state index in [2.05, 4.69) is 37.1 Å². The number of alkyl carbamates (subject to hydrolysis) is 1. The molecule has 1 aromatic carbocycles. The first-order chi connectivity index (χ1) is 22.1. The van der Waals surface area contributed by atoms with Gasteiger partial charge in [0.2, 0.25) is 5.95 Å². The summed E-state index contributed by atoms with van der Waals surface area (Å²) in [6, 6.07) is 9.90. The van der Waals surface area contributed by atoms with E-state index in [0.717, 1.165) is 86.5 Å². The lowest BCUT2D eigenvalue weighted by Gasteiger charge is -2.37. The van der Waals surface area contributed by atoms with Crippen molar-refractivity contribution in [1.82, 2.24) is 24.7 Å². The van der Waals surface area contributed by atoms with Crippen molar-refractivity contribution in [3.8, 4) is 22.8 Å². The molecule has 0 aliphatic carbocycles. The maximum absolute atomic E-state index is 12.2. The smallest absolute Gasteiger partial charge is 0.407 e. The zero-order valence-corrected chi connectivity index (χ0v) is 27.8. The third kappa shape index (κ3) is 7.01. The van der Waals surface area contributed by atoms with E-state index in [1.54, 1.807) is 20.3 Å². The van der Waals surface area contributed by atoms with Gasteiger partial charge in [-0.3, -0.25) is 0 Å². The molecule has 46 heavy (non-hydrogen) atoms. The molecule has 244 valence electrons. The first-order valence-electron chi connectivity index (χ1n) is 15.6. The fraction of sp³-hybridized carbons (Fsp3) is 0.455. The van der Waals surface area contributed by atoms with Crippen LogP contribution in [0.1, 0.15) is 33.6 Å². The van der Waals surface area contributed by atoms with E-state index in [9.17, 15) is 4.79 Å². The van der Waals surface area contributed by atoms with Crippen molar-refractivity contribution in [2.24, 2.45) is 0 Å². The number of piperidine rings is 1. The molecule has 3 aromatic heterocycles. The van der Waals surface area contributed by atoms with E-state index >= 15 is 0 Å². The fourth-order valence-corrected chi connectivity index (χ4v) is 6.16. The zero-order valence-electron chi connectivity index (χ0n) is 27.0. The van der Waals surface area contributed by atoms with Crippen molar-refractivity contribution < 1.29 is 19.0 Å². The van der Waals surface area contributed by atoms with Gasteiger partial charge in [0.1, 0.15) is 28.6 Å². The second-order valence-corrected chi connectivity index (χ2v) is 13.0. The molecule has 6 rings (SSSR count). The average molecular weight is 649 g/mol. The summed E-state index contributed by atoms with van der Waals surface area (Å²) in [5.74, 6) is 2.86. The van der Waals surface area contributed by atoms with Gasteiger partial charge < -0.3 is 38.6 Å². The van der Waals surface area contributed by atoms with E-state index < -0.39 is 5.60 Å². The molecule has 5 heterocycles. The third-order valence-electron chi connectivity index (χ3n) is 8.29. The second-order valence-electron chi connectivity index (χ2n) is 12.6. The van der Waals surface area contributed by atoms with Gasteiger partial charge in [-0.2, -0.15) is 4.98 Å². The summed E-state index contributed by atoms with van der Waals surface area (Å²) in [6.07, 6.45) is 7.12. The van der Waals surface area contributed by atoms with Gasteiger partial charge >= 0.3 is 6.09 Å². The van der Waals surface area contributed by atoms with Gasteiger partial charge in [0, 0.05) is 87.3 Å². The van der Waals surface area contributed by atoms with Crippen molar-refractivity contribution in [2.45, 2.75) is 45.3 Å². The normalized spacial score (nSPS) is 16.1. The highest BCUT2D eigenvalue weighted by atomic mass is 35.5. The number of piperazine rings is 1. The molecule has 2 aliphatic heterocycles. The van der Waals surface area contributed by atoms with Crippen molar-refractivity contribution in [3.05, 3.63) is 53.9 Å². The Hall–Kier alpha value is -4.45. The number of benzene rings is 1. The summed E-state index contributed by atoms with van der Waals surface area (Å²) in [5, 5.41) is 3.50. The fourth-order valence-electron chi connectivity index (χ4n) is 5.92. The molecule has 1 N–H and O–H groups in total. The minimum absolute atomic E-state index is 0.0823. The van der Waals surface area contributed by atoms with Crippen LogP contribution in [0.3, 0.4) is 0 Å². The van der Waals surface area contributed by atoms with E-state index in [1.807, 2.05) is 55.9 Å². The predicted molar refractivity (Wildman–Crippen MR) is 180 cm³/mol. The molecule has 0 unspecified atom stereocenters. The minimum atomic E-state index is -0.509. The van der Waals surface area contributed by atoms with Crippen LogP contribution < -0.4 is 29.5 Å². The van der Waals surface area contributed by atoms with E-state index in [4.69, 9.17) is 35.8 Å². The Bertz CT molecular complexity index is 1690.